The minimum absolute atomic E-state index is 0.0945. The highest BCUT2D eigenvalue weighted by atomic mass is 16.7. The Balaban J connectivity index is 2.27. The average Bonchev–Trinajstić information content (AvgIpc) is 3.01. The highest BCUT2D eigenvalue weighted by Crippen LogP contribution is 2.44. The van der Waals surface area contributed by atoms with E-state index in [9.17, 15) is 9.59 Å². The third-order valence-corrected chi connectivity index (χ3v) is 3.35. The highest BCUT2D eigenvalue weighted by Gasteiger charge is 2.23. The molecule has 0 unspecified atom stereocenters. The van der Waals surface area contributed by atoms with Gasteiger partial charge in [-0.3, -0.25) is 9.59 Å². The lowest BCUT2D eigenvalue weighted by Crippen LogP contribution is -1.97. The van der Waals surface area contributed by atoms with Gasteiger partial charge in [0.05, 0.1) is 7.11 Å². The van der Waals surface area contributed by atoms with Gasteiger partial charge in [-0.15, -0.1) is 0 Å². The van der Waals surface area contributed by atoms with Crippen LogP contribution in [0.1, 0.15) is 20.7 Å². The number of hydrogen-bond donors (Lipinski definition) is 0. The molecule has 5 nitrogen and oxygen atoms in total. The topological polar surface area (TPSA) is 61.8 Å². The van der Waals surface area contributed by atoms with Crippen molar-refractivity contribution in [3.8, 4) is 28.4 Å². The molecular formula is C16H12O5. The maximum absolute atomic E-state index is 11.4. The normalized spacial score (nSPS) is 12.0. The molecule has 3 rings (SSSR count). The number of fused-ring (bicyclic) bond motifs is 1. The molecule has 1 aliphatic heterocycles. The van der Waals surface area contributed by atoms with Gasteiger partial charge in [0, 0.05) is 16.7 Å². The molecule has 5 heteroatoms. The first-order valence-electron chi connectivity index (χ1n) is 6.30. The van der Waals surface area contributed by atoms with Crippen molar-refractivity contribution in [2.45, 2.75) is 0 Å². The molecule has 1 aliphatic rings. The third kappa shape index (κ3) is 2.12. The van der Waals surface area contributed by atoms with Gasteiger partial charge in [-0.25, -0.2) is 0 Å². The molecule has 0 saturated carbocycles. The fraction of sp³-hybridized carbons (Fsp3) is 0.125. The van der Waals surface area contributed by atoms with Crippen LogP contribution >= 0.6 is 0 Å². The van der Waals surface area contributed by atoms with Crippen LogP contribution in [0.5, 0.6) is 17.2 Å². The molecule has 106 valence electrons. The van der Waals surface area contributed by atoms with E-state index in [1.807, 2.05) is 0 Å². The van der Waals surface area contributed by atoms with Crippen molar-refractivity contribution in [1.82, 2.24) is 0 Å². The van der Waals surface area contributed by atoms with E-state index in [1.54, 1.807) is 30.3 Å². The summed E-state index contributed by atoms with van der Waals surface area (Å²) in [7, 11) is 1.53. The largest absolute Gasteiger partial charge is 0.497 e. The Morgan fingerprint density at radius 3 is 2.57 bits per heavy atom. The van der Waals surface area contributed by atoms with Crippen molar-refractivity contribution in [2.24, 2.45) is 0 Å². The summed E-state index contributed by atoms with van der Waals surface area (Å²) in [6.07, 6.45) is 1.46. The van der Waals surface area contributed by atoms with Gasteiger partial charge in [0.2, 0.25) is 6.79 Å². The van der Waals surface area contributed by atoms with Crippen LogP contribution in [0.25, 0.3) is 11.1 Å². The van der Waals surface area contributed by atoms with E-state index in [0.29, 0.717) is 39.5 Å². The first kappa shape index (κ1) is 13.2. The van der Waals surface area contributed by atoms with Gasteiger partial charge in [-0.2, -0.15) is 0 Å². The summed E-state index contributed by atoms with van der Waals surface area (Å²) in [6, 6.07) is 8.40. The van der Waals surface area contributed by atoms with Gasteiger partial charge >= 0.3 is 0 Å². The zero-order valence-corrected chi connectivity index (χ0v) is 11.3. The van der Waals surface area contributed by atoms with Gasteiger partial charge in [0.1, 0.15) is 5.75 Å². The fourth-order valence-corrected chi connectivity index (χ4v) is 2.36. The SMILES string of the molecule is COc1ccc(-c2c(C=O)ccc3c2OCO3)c(C=O)c1. The minimum atomic E-state index is 0.0945. The number of aldehydes is 2. The monoisotopic (exact) mass is 284 g/mol. The summed E-state index contributed by atoms with van der Waals surface area (Å²) in [5, 5.41) is 0. The maximum Gasteiger partial charge on any atom is 0.231 e. The molecule has 0 bridgehead atoms. The van der Waals surface area contributed by atoms with Crippen molar-refractivity contribution < 1.29 is 23.8 Å². The average molecular weight is 284 g/mol. The van der Waals surface area contributed by atoms with Crippen LogP contribution in [0, 0.1) is 0 Å². The molecule has 0 amide bonds. The minimum Gasteiger partial charge on any atom is -0.497 e. The molecule has 0 spiro atoms. The summed E-state index contributed by atoms with van der Waals surface area (Å²) >= 11 is 0. The van der Waals surface area contributed by atoms with E-state index < -0.39 is 0 Å². The first-order valence-corrected chi connectivity index (χ1v) is 6.30. The van der Waals surface area contributed by atoms with Crippen molar-refractivity contribution in [2.75, 3.05) is 13.9 Å². The fourth-order valence-electron chi connectivity index (χ4n) is 2.36. The van der Waals surface area contributed by atoms with Crippen LogP contribution in [0.3, 0.4) is 0 Å². The second kappa shape index (κ2) is 5.28. The molecule has 0 N–H and O–H groups in total. The number of methoxy groups -OCH3 is 1. The lowest BCUT2D eigenvalue weighted by Gasteiger charge is -2.12. The Bertz CT molecular complexity index is 721. The Morgan fingerprint density at radius 1 is 1.05 bits per heavy atom. The van der Waals surface area contributed by atoms with Crippen LogP contribution in [-0.2, 0) is 0 Å². The molecule has 2 aromatic rings. The van der Waals surface area contributed by atoms with E-state index in [-0.39, 0.29) is 6.79 Å². The molecule has 1 heterocycles. The third-order valence-electron chi connectivity index (χ3n) is 3.35. The van der Waals surface area contributed by atoms with E-state index >= 15 is 0 Å². The number of ether oxygens (including phenoxy) is 3. The lowest BCUT2D eigenvalue weighted by molar-refractivity contribution is 0.111. The summed E-state index contributed by atoms with van der Waals surface area (Å²) in [5.41, 5.74) is 2.02. The van der Waals surface area contributed by atoms with Crippen molar-refractivity contribution >= 4 is 12.6 Å². The molecular weight excluding hydrogens is 272 g/mol. The second-order valence-electron chi connectivity index (χ2n) is 4.45. The second-order valence-corrected chi connectivity index (χ2v) is 4.45. The van der Waals surface area contributed by atoms with Crippen molar-refractivity contribution in [1.29, 1.82) is 0 Å². The Kier molecular flexibility index (Phi) is 3.31. The molecule has 0 fully saturated rings. The summed E-state index contributed by atoms with van der Waals surface area (Å²) in [6.45, 7) is 0.0945. The molecule has 2 aromatic carbocycles. The molecule has 21 heavy (non-hydrogen) atoms. The van der Waals surface area contributed by atoms with Crippen LogP contribution in [-0.4, -0.2) is 26.5 Å². The number of carbonyl (C=O) groups excluding carboxylic acids is 2. The maximum atomic E-state index is 11.4. The molecule has 0 aromatic heterocycles. The molecule has 0 aliphatic carbocycles. The van der Waals surface area contributed by atoms with Gasteiger partial charge in [0.25, 0.3) is 0 Å². The lowest BCUT2D eigenvalue weighted by atomic mass is 9.94. The van der Waals surface area contributed by atoms with E-state index in [2.05, 4.69) is 0 Å². The number of hydrogen-bond acceptors (Lipinski definition) is 5. The Morgan fingerprint density at radius 2 is 1.86 bits per heavy atom. The van der Waals surface area contributed by atoms with Crippen LogP contribution in [0.15, 0.2) is 30.3 Å². The van der Waals surface area contributed by atoms with Gasteiger partial charge in [-0.05, 0) is 35.9 Å². The predicted octanol–water partition coefficient (Wildman–Crippen LogP) is 2.72. The van der Waals surface area contributed by atoms with Crippen LogP contribution < -0.4 is 14.2 Å². The number of rotatable bonds is 4. The quantitative estimate of drug-likeness (QED) is 0.808. The summed E-state index contributed by atoms with van der Waals surface area (Å²) in [5.74, 6) is 1.61. The summed E-state index contributed by atoms with van der Waals surface area (Å²) < 4.78 is 15.9. The smallest absolute Gasteiger partial charge is 0.231 e. The molecule has 0 radical (unpaired) electrons. The number of benzene rings is 2. The number of carbonyl (C=O) groups is 2. The van der Waals surface area contributed by atoms with Crippen LogP contribution in [0.4, 0.5) is 0 Å². The predicted molar refractivity (Wildman–Crippen MR) is 75.3 cm³/mol. The van der Waals surface area contributed by atoms with Crippen LogP contribution in [0.2, 0.25) is 0 Å². The van der Waals surface area contributed by atoms with E-state index in [0.717, 1.165) is 12.6 Å². The molecule has 0 saturated heterocycles. The first-order chi connectivity index (χ1) is 10.3. The zero-order chi connectivity index (χ0) is 14.8. The standard InChI is InChI=1S/C16H12O5/c1-19-12-3-4-13(11(6-12)8-18)15-10(7-17)2-5-14-16(15)21-9-20-14/h2-8H,9H2,1H3. The Hall–Kier alpha value is -2.82. The van der Waals surface area contributed by atoms with Gasteiger partial charge in [-0.1, -0.05) is 0 Å². The van der Waals surface area contributed by atoms with E-state index in [4.69, 9.17) is 14.2 Å². The molecule has 0 atom stereocenters. The van der Waals surface area contributed by atoms with Gasteiger partial charge < -0.3 is 14.2 Å². The Labute approximate surface area is 121 Å². The van der Waals surface area contributed by atoms with Gasteiger partial charge in [0.15, 0.2) is 24.1 Å². The van der Waals surface area contributed by atoms with Crippen molar-refractivity contribution in [3.05, 3.63) is 41.5 Å². The highest BCUT2D eigenvalue weighted by molar-refractivity contribution is 5.98. The zero-order valence-electron chi connectivity index (χ0n) is 11.3. The summed E-state index contributed by atoms with van der Waals surface area (Å²) in [4.78, 5) is 22.7. The van der Waals surface area contributed by atoms with Crippen molar-refractivity contribution in [3.63, 3.8) is 0 Å². The van der Waals surface area contributed by atoms with E-state index in [1.165, 1.54) is 7.11 Å².